The Bertz CT molecular complexity index is 815. The second kappa shape index (κ2) is 7.15. The van der Waals surface area contributed by atoms with Crippen molar-refractivity contribution in [2.24, 2.45) is 11.8 Å². The summed E-state index contributed by atoms with van der Waals surface area (Å²) in [6, 6.07) is 7.56. The lowest BCUT2D eigenvalue weighted by atomic mass is 9.92. The van der Waals surface area contributed by atoms with Gasteiger partial charge in [0.2, 0.25) is 17.6 Å². The van der Waals surface area contributed by atoms with Crippen LogP contribution in [-0.2, 0) is 0 Å². The van der Waals surface area contributed by atoms with Crippen LogP contribution >= 0.6 is 0 Å². The lowest BCUT2D eigenvalue weighted by Crippen LogP contribution is -2.39. The van der Waals surface area contributed by atoms with E-state index in [9.17, 15) is 10.1 Å². The van der Waals surface area contributed by atoms with Crippen molar-refractivity contribution in [1.29, 1.82) is 0 Å². The van der Waals surface area contributed by atoms with Crippen LogP contribution in [0.1, 0.15) is 25.8 Å². The normalized spacial score (nSPS) is 20.0. The third kappa shape index (κ3) is 3.84. The second-order valence-electron chi connectivity index (χ2n) is 7.21. The molecule has 1 aromatic heterocycles. The van der Waals surface area contributed by atoms with Crippen LogP contribution in [0.3, 0.4) is 0 Å². The molecule has 0 radical (unpaired) electrons. The van der Waals surface area contributed by atoms with Gasteiger partial charge in [-0.2, -0.15) is 9.97 Å². The Morgan fingerprint density at radius 2 is 1.96 bits per heavy atom. The lowest BCUT2D eigenvalue weighted by Gasteiger charge is -2.35. The van der Waals surface area contributed by atoms with E-state index in [1.807, 2.05) is 31.2 Å². The summed E-state index contributed by atoms with van der Waals surface area (Å²) in [5.41, 5.74) is 7.39. The number of piperidine rings is 1. The van der Waals surface area contributed by atoms with Crippen LogP contribution in [0.5, 0.6) is 0 Å². The minimum absolute atomic E-state index is 0.119. The van der Waals surface area contributed by atoms with E-state index in [0.29, 0.717) is 17.8 Å². The van der Waals surface area contributed by atoms with E-state index in [-0.39, 0.29) is 17.3 Å². The summed E-state index contributed by atoms with van der Waals surface area (Å²) < 4.78 is 0. The van der Waals surface area contributed by atoms with Gasteiger partial charge in [-0.1, -0.05) is 26.0 Å². The molecule has 0 bridgehead atoms. The first kappa shape index (κ1) is 17.9. The molecule has 2 heterocycles. The van der Waals surface area contributed by atoms with Gasteiger partial charge in [0.05, 0.1) is 4.92 Å². The van der Waals surface area contributed by atoms with E-state index in [1.165, 1.54) is 0 Å². The number of rotatable bonds is 4. The molecule has 1 fully saturated rings. The number of nitro groups is 1. The summed E-state index contributed by atoms with van der Waals surface area (Å²) >= 11 is 0. The molecule has 1 aromatic carbocycles. The highest BCUT2D eigenvalue weighted by atomic mass is 16.6. The number of nitrogens with two attached hydrogens (primary N) is 1. The first-order chi connectivity index (χ1) is 12.3. The first-order valence-electron chi connectivity index (χ1n) is 8.74. The molecule has 138 valence electrons. The minimum Gasteiger partial charge on any atom is -0.378 e. The molecule has 1 aliphatic rings. The average molecular weight is 356 g/mol. The Kier molecular flexibility index (Phi) is 4.92. The molecule has 26 heavy (non-hydrogen) atoms. The smallest absolute Gasteiger partial charge is 0.353 e. The molecule has 2 atom stereocenters. The fourth-order valence-electron chi connectivity index (χ4n) is 3.55. The average Bonchev–Trinajstić information content (AvgIpc) is 2.53. The van der Waals surface area contributed by atoms with Crippen molar-refractivity contribution < 1.29 is 4.92 Å². The van der Waals surface area contributed by atoms with Crippen molar-refractivity contribution in [1.82, 2.24) is 9.97 Å². The lowest BCUT2D eigenvalue weighted by molar-refractivity contribution is -0.383. The van der Waals surface area contributed by atoms with Gasteiger partial charge in [0.15, 0.2) is 0 Å². The summed E-state index contributed by atoms with van der Waals surface area (Å²) in [4.78, 5) is 21.7. The third-order valence-electron chi connectivity index (χ3n) is 4.51. The number of nitrogens with one attached hydrogen (secondary N) is 1. The predicted molar refractivity (Wildman–Crippen MR) is 103 cm³/mol. The maximum Gasteiger partial charge on any atom is 0.353 e. The highest BCUT2D eigenvalue weighted by Gasteiger charge is 2.28. The van der Waals surface area contributed by atoms with Crippen LogP contribution in [0.25, 0.3) is 0 Å². The van der Waals surface area contributed by atoms with E-state index in [0.717, 1.165) is 30.8 Å². The van der Waals surface area contributed by atoms with E-state index in [2.05, 4.69) is 34.0 Å². The number of nitrogens with zero attached hydrogens (tertiary/aromatic N) is 4. The van der Waals surface area contributed by atoms with Crippen molar-refractivity contribution in [3.8, 4) is 0 Å². The first-order valence-corrected chi connectivity index (χ1v) is 8.74. The van der Waals surface area contributed by atoms with E-state index >= 15 is 0 Å². The summed E-state index contributed by atoms with van der Waals surface area (Å²) in [5, 5.41) is 14.5. The highest BCUT2D eigenvalue weighted by molar-refractivity contribution is 5.74. The fourth-order valence-corrected chi connectivity index (χ4v) is 3.55. The molecular weight excluding hydrogens is 332 g/mol. The largest absolute Gasteiger partial charge is 0.378 e. The van der Waals surface area contributed by atoms with Gasteiger partial charge in [0.1, 0.15) is 0 Å². The maximum atomic E-state index is 11.5. The molecule has 0 amide bonds. The van der Waals surface area contributed by atoms with Crippen LogP contribution in [0.15, 0.2) is 24.3 Å². The van der Waals surface area contributed by atoms with Crippen molar-refractivity contribution in [3.05, 3.63) is 39.9 Å². The minimum atomic E-state index is -0.543. The van der Waals surface area contributed by atoms with Gasteiger partial charge in [0, 0.05) is 18.8 Å². The predicted octanol–water partition coefficient (Wildman–Crippen LogP) is 3.50. The van der Waals surface area contributed by atoms with Gasteiger partial charge in [-0.25, -0.2) is 0 Å². The SMILES string of the molecule is Cc1cccc(Nc2nc(N3C[C@H](C)C[C@@H](C)C3)nc(N)c2[N+](=O)[O-])c1. The highest BCUT2D eigenvalue weighted by Crippen LogP contribution is 2.34. The van der Waals surface area contributed by atoms with E-state index in [1.54, 1.807) is 0 Å². The van der Waals surface area contributed by atoms with Gasteiger partial charge < -0.3 is 16.0 Å². The molecule has 1 saturated heterocycles. The zero-order valence-electron chi connectivity index (χ0n) is 15.3. The molecule has 2 aromatic rings. The standard InChI is InChI=1S/C18H24N6O2/c1-11-5-4-6-14(8-11)20-17-15(24(25)26)16(19)21-18(22-17)23-9-12(2)7-13(3)10-23/h4-6,8,12-13H,7,9-10H2,1-3H3,(H3,19,20,21,22)/t12-,13-/m1/s1. The molecule has 3 N–H and O–H groups in total. The van der Waals surface area contributed by atoms with Crippen LogP contribution in [0, 0.1) is 28.9 Å². The molecule has 0 spiro atoms. The van der Waals surface area contributed by atoms with Crippen molar-refractivity contribution >= 4 is 29.0 Å². The quantitative estimate of drug-likeness (QED) is 0.637. The Labute approximate surface area is 152 Å². The molecule has 3 rings (SSSR count). The molecule has 8 nitrogen and oxygen atoms in total. The summed E-state index contributed by atoms with van der Waals surface area (Å²) in [5.74, 6) is 1.44. The van der Waals surface area contributed by atoms with Gasteiger partial charge >= 0.3 is 5.69 Å². The Morgan fingerprint density at radius 3 is 2.58 bits per heavy atom. The van der Waals surface area contributed by atoms with Crippen molar-refractivity contribution in [2.45, 2.75) is 27.2 Å². The molecule has 1 aliphatic heterocycles. The van der Waals surface area contributed by atoms with Gasteiger partial charge in [-0.05, 0) is 42.9 Å². The van der Waals surface area contributed by atoms with Crippen LogP contribution < -0.4 is 16.0 Å². The molecule has 0 unspecified atom stereocenters. The Morgan fingerprint density at radius 1 is 1.27 bits per heavy atom. The van der Waals surface area contributed by atoms with Crippen molar-refractivity contribution in [2.75, 3.05) is 29.0 Å². The molecule has 8 heteroatoms. The second-order valence-corrected chi connectivity index (χ2v) is 7.21. The summed E-state index contributed by atoms with van der Waals surface area (Å²) in [6.45, 7) is 7.94. The zero-order valence-corrected chi connectivity index (χ0v) is 15.3. The van der Waals surface area contributed by atoms with Crippen LogP contribution in [0.4, 0.5) is 29.0 Å². The Hall–Kier alpha value is -2.90. The maximum absolute atomic E-state index is 11.5. The summed E-state index contributed by atoms with van der Waals surface area (Å²) in [6.07, 6.45) is 1.15. The van der Waals surface area contributed by atoms with E-state index < -0.39 is 4.92 Å². The topological polar surface area (TPSA) is 110 Å². The Balaban J connectivity index is 2.00. The number of anilines is 4. The number of nitrogen functional groups attached to an aromatic ring is 1. The molecule has 0 aliphatic carbocycles. The van der Waals surface area contributed by atoms with Gasteiger partial charge in [-0.3, -0.25) is 10.1 Å². The van der Waals surface area contributed by atoms with Crippen molar-refractivity contribution in [3.63, 3.8) is 0 Å². The van der Waals surface area contributed by atoms with Crippen LogP contribution in [0.2, 0.25) is 0 Å². The van der Waals surface area contributed by atoms with Crippen LogP contribution in [-0.4, -0.2) is 28.0 Å². The number of aryl methyl sites for hydroxylation is 1. The molecular formula is C18H24N6O2. The number of hydrogen-bond donors (Lipinski definition) is 2. The third-order valence-corrected chi connectivity index (χ3v) is 4.51. The summed E-state index contributed by atoms with van der Waals surface area (Å²) in [7, 11) is 0. The fraction of sp³-hybridized carbons (Fsp3) is 0.444. The number of benzene rings is 1. The van der Waals surface area contributed by atoms with E-state index in [4.69, 9.17) is 5.73 Å². The number of aromatic nitrogens is 2. The zero-order chi connectivity index (χ0) is 18.8. The van der Waals surface area contributed by atoms with Gasteiger partial charge in [-0.15, -0.1) is 0 Å². The monoisotopic (exact) mass is 356 g/mol. The van der Waals surface area contributed by atoms with Gasteiger partial charge in [0.25, 0.3) is 0 Å². The molecule has 0 saturated carbocycles. The number of hydrogen-bond acceptors (Lipinski definition) is 7.